The number of anilines is 2. The lowest BCUT2D eigenvalue weighted by Gasteiger charge is -2.22. The van der Waals surface area contributed by atoms with E-state index in [9.17, 15) is 14.4 Å². The smallest absolute Gasteiger partial charge is 0.259 e. The van der Waals surface area contributed by atoms with E-state index in [-0.39, 0.29) is 49.1 Å². The Morgan fingerprint density at radius 1 is 0.844 bits per heavy atom. The summed E-state index contributed by atoms with van der Waals surface area (Å²) in [6.45, 7) is 3.74. The van der Waals surface area contributed by atoms with Gasteiger partial charge in [0.25, 0.3) is 11.8 Å². The van der Waals surface area contributed by atoms with Crippen molar-refractivity contribution in [3.05, 3.63) is 77.4 Å². The molecule has 0 aliphatic heterocycles. The van der Waals surface area contributed by atoms with Gasteiger partial charge in [-0.15, -0.1) is 24.8 Å². The van der Waals surface area contributed by atoms with Gasteiger partial charge in [-0.05, 0) is 80.8 Å². The molecule has 0 saturated heterocycles. The Hall–Kier alpha value is -4.03. The molecule has 3 amide bonds. The predicted octanol–water partition coefficient (Wildman–Crippen LogP) is 4.34. The minimum Gasteiger partial charge on any atom is -0.495 e. The summed E-state index contributed by atoms with van der Waals surface area (Å²) < 4.78 is 17.3. The number of carbonyl (C=O) groups is 3. The molecule has 0 aliphatic rings. The van der Waals surface area contributed by atoms with Gasteiger partial charge in [0.05, 0.1) is 43.8 Å². The van der Waals surface area contributed by atoms with Crippen molar-refractivity contribution in [1.82, 2.24) is 5.32 Å². The number of nitrogens with zero attached hydrogens (tertiary/aromatic N) is 1. The molecule has 0 spiro atoms. The molecule has 0 unspecified atom stereocenters. The van der Waals surface area contributed by atoms with E-state index in [1.807, 2.05) is 25.1 Å². The Labute approximate surface area is 276 Å². The van der Waals surface area contributed by atoms with Crippen LogP contribution in [0.15, 0.2) is 60.7 Å². The lowest BCUT2D eigenvalue weighted by atomic mass is 10.1. The lowest BCUT2D eigenvalue weighted by Crippen LogP contribution is -2.31. The van der Waals surface area contributed by atoms with Crippen LogP contribution in [0, 0.1) is 6.92 Å². The van der Waals surface area contributed by atoms with Crippen molar-refractivity contribution in [1.29, 1.82) is 0 Å². The number of carbonyl (C=O) groups excluding carboxylic acids is 3. The molecule has 11 nitrogen and oxygen atoms in total. The second-order valence-electron chi connectivity index (χ2n) is 9.80. The van der Waals surface area contributed by atoms with E-state index in [2.05, 4.69) is 10.6 Å². The van der Waals surface area contributed by atoms with Gasteiger partial charge in [0.2, 0.25) is 5.91 Å². The van der Waals surface area contributed by atoms with Crippen LogP contribution in [0.1, 0.15) is 45.5 Å². The minimum absolute atomic E-state index is 0. The Balaban J connectivity index is 0.00000506. The van der Waals surface area contributed by atoms with E-state index in [4.69, 9.17) is 25.7 Å². The standard InChI is InChI=1S/C32H41N5O6.2ClH/c1-22-11-14-26(29(19-22)43-17-7-6-16-35-30(38)21-34)37(2)32(40)23-12-13-25(28(20-23)41-3)36-31(39)24-9-4-5-10-27(24)42-18-8-15-33;;/h4-5,9-14,19-20H,6-8,15-18,21,33-34H2,1-3H3,(H,35,38)(H,36,39);2*1H. The zero-order valence-electron chi connectivity index (χ0n) is 25.8. The van der Waals surface area contributed by atoms with Gasteiger partial charge >= 0.3 is 0 Å². The highest BCUT2D eigenvalue weighted by atomic mass is 35.5. The normalized spacial score (nSPS) is 10.1. The summed E-state index contributed by atoms with van der Waals surface area (Å²) in [6.07, 6.45) is 2.11. The fourth-order valence-corrected chi connectivity index (χ4v) is 4.19. The van der Waals surface area contributed by atoms with Crippen LogP contribution in [-0.2, 0) is 4.79 Å². The number of nitrogens with one attached hydrogen (secondary N) is 2. The number of amides is 3. The van der Waals surface area contributed by atoms with Crippen molar-refractivity contribution >= 4 is 53.9 Å². The van der Waals surface area contributed by atoms with Gasteiger partial charge in [-0.1, -0.05) is 18.2 Å². The number of benzene rings is 3. The molecular formula is C32H43Cl2N5O6. The molecular weight excluding hydrogens is 621 g/mol. The Morgan fingerprint density at radius 3 is 2.27 bits per heavy atom. The second kappa shape index (κ2) is 20.1. The van der Waals surface area contributed by atoms with E-state index in [0.29, 0.717) is 78.9 Å². The number of unbranched alkanes of at least 4 members (excludes halogenated alkanes) is 1. The Morgan fingerprint density at radius 2 is 1.56 bits per heavy atom. The molecule has 0 heterocycles. The number of halogens is 2. The van der Waals surface area contributed by atoms with Gasteiger partial charge in [0.1, 0.15) is 17.2 Å². The first-order valence-electron chi connectivity index (χ1n) is 14.2. The van der Waals surface area contributed by atoms with Crippen molar-refractivity contribution in [2.45, 2.75) is 26.2 Å². The molecule has 0 bridgehead atoms. The molecule has 0 saturated carbocycles. The topological polar surface area (TPSA) is 158 Å². The highest BCUT2D eigenvalue weighted by molar-refractivity contribution is 6.09. The van der Waals surface area contributed by atoms with Gasteiger partial charge in [-0.25, -0.2) is 0 Å². The minimum atomic E-state index is -0.374. The summed E-state index contributed by atoms with van der Waals surface area (Å²) in [5.74, 6) is 0.508. The number of nitrogens with two attached hydrogens (primary N) is 2. The summed E-state index contributed by atoms with van der Waals surface area (Å²) >= 11 is 0. The number of hydrogen-bond acceptors (Lipinski definition) is 8. The monoisotopic (exact) mass is 663 g/mol. The molecule has 3 rings (SSSR count). The number of ether oxygens (including phenoxy) is 3. The SMILES string of the molecule is COc1cc(C(=O)N(C)c2ccc(C)cc2OCCCCNC(=O)CN)ccc1NC(=O)c1ccccc1OCCCN.Cl.Cl. The highest BCUT2D eigenvalue weighted by Crippen LogP contribution is 2.32. The van der Waals surface area contributed by atoms with E-state index >= 15 is 0 Å². The molecule has 0 aromatic heterocycles. The molecule has 0 fully saturated rings. The molecule has 0 atom stereocenters. The van der Waals surface area contributed by atoms with Crippen LogP contribution in [0.3, 0.4) is 0 Å². The molecule has 13 heteroatoms. The van der Waals surface area contributed by atoms with Crippen molar-refractivity contribution in [3.8, 4) is 17.2 Å². The van der Waals surface area contributed by atoms with Crippen molar-refractivity contribution in [2.75, 3.05) is 57.2 Å². The van der Waals surface area contributed by atoms with Crippen LogP contribution >= 0.6 is 24.8 Å². The van der Waals surface area contributed by atoms with Gasteiger partial charge < -0.3 is 41.2 Å². The lowest BCUT2D eigenvalue weighted by molar-refractivity contribution is -0.119. The average Bonchev–Trinajstić information content (AvgIpc) is 3.02. The molecule has 3 aromatic rings. The van der Waals surface area contributed by atoms with E-state index in [1.165, 1.54) is 12.0 Å². The Kier molecular flexibility index (Phi) is 17.4. The Bertz CT molecular complexity index is 1410. The molecule has 246 valence electrons. The molecule has 6 N–H and O–H groups in total. The van der Waals surface area contributed by atoms with Crippen LogP contribution < -0.4 is 41.2 Å². The maximum Gasteiger partial charge on any atom is 0.259 e. The third-order valence-electron chi connectivity index (χ3n) is 6.55. The fourth-order valence-electron chi connectivity index (χ4n) is 4.19. The van der Waals surface area contributed by atoms with Gasteiger partial charge in [-0.2, -0.15) is 0 Å². The quantitative estimate of drug-likeness (QED) is 0.165. The average molecular weight is 665 g/mol. The van der Waals surface area contributed by atoms with Crippen LogP contribution in [-0.4, -0.2) is 64.7 Å². The van der Waals surface area contributed by atoms with Crippen molar-refractivity contribution in [3.63, 3.8) is 0 Å². The highest BCUT2D eigenvalue weighted by Gasteiger charge is 2.21. The molecule has 0 aliphatic carbocycles. The second-order valence-corrected chi connectivity index (χ2v) is 9.80. The molecule has 0 radical (unpaired) electrons. The first-order chi connectivity index (χ1) is 20.8. The van der Waals surface area contributed by atoms with Gasteiger partial charge in [0.15, 0.2) is 0 Å². The van der Waals surface area contributed by atoms with Crippen LogP contribution in [0.4, 0.5) is 11.4 Å². The zero-order valence-corrected chi connectivity index (χ0v) is 27.4. The van der Waals surface area contributed by atoms with Crippen molar-refractivity contribution in [2.24, 2.45) is 11.5 Å². The van der Waals surface area contributed by atoms with Crippen molar-refractivity contribution < 1.29 is 28.6 Å². The van der Waals surface area contributed by atoms with Crippen LogP contribution in [0.25, 0.3) is 0 Å². The van der Waals surface area contributed by atoms with E-state index < -0.39 is 0 Å². The summed E-state index contributed by atoms with van der Waals surface area (Å²) in [4.78, 5) is 39.4. The van der Waals surface area contributed by atoms with Crippen LogP contribution in [0.5, 0.6) is 17.2 Å². The van der Waals surface area contributed by atoms with Crippen LogP contribution in [0.2, 0.25) is 0 Å². The number of hydrogen-bond donors (Lipinski definition) is 4. The number of methoxy groups -OCH3 is 1. The largest absolute Gasteiger partial charge is 0.495 e. The maximum absolute atomic E-state index is 13.5. The maximum atomic E-state index is 13.5. The van der Waals surface area contributed by atoms with Gasteiger partial charge in [-0.3, -0.25) is 14.4 Å². The van der Waals surface area contributed by atoms with E-state index in [0.717, 1.165) is 12.0 Å². The summed E-state index contributed by atoms with van der Waals surface area (Å²) in [5, 5.41) is 5.59. The summed E-state index contributed by atoms with van der Waals surface area (Å²) in [5.41, 5.74) is 13.6. The number of aryl methyl sites for hydroxylation is 1. The summed E-state index contributed by atoms with van der Waals surface area (Å²) in [7, 11) is 3.15. The first-order valence-corrected chi connectivity index (χ1v) is 14.2. The number of para-hydroxylation sites is 1. The third kappa shape index (κ3) is 11.4. The molecule has 3 aromatic carbocycles. The summed E-state index contributed by atoms with van der Waals surface area (Å²) in [6, 6.07) is 17.4. The van der Waals surface area contributed by atoms with Gasteiger partial charge in [0, 0.05) is 19.2 Å². The third-order valence-corrected chi connectivity index (χ3v) is 6.55. The number of rotatable bonds is 16. The fraction of sp³-hybridized carbons (Fsp3) is 0.344. The molecule has 45 heavy (non-hydrogen) atoms. The first kappa shape index (κ1) is 39.0. The zero-order chi connectivity index (χ0) is 31.2. The van der Waals surface area contributed by atoms with E-state index in [1.54, 1.807) is 49.5 Å². The predicted molar refractivity (Wildman–Crippen MR) is 182 cm³/mol.